The summed E-state index contributed by atoms with van der Waals surface area (Å²) >= 11 is 0. The first-order chi connectivity index (χ1) is 31.4. The standard InChI is InChI=1S/C43H62N8O16/c1-19(2)30(40(64)50-31(20(3)4)41(65)51-42(35(45)59)67-43-34(58)33(57)32(56)28(18-52)66-43)49-39(63)27(17-29(54)55)48-38(62)26(16-22-9-7-6-8-10-22)47-36(60)21(5)46-37(61)25(44)15-23-11-13-24(53)14-12-23/h6-14,19-21,25-28,30-34,42-43,52-53,56-58H,15-18,44H2,1-5H3,(H2,45,59)(H,46,61)(H,47,60)(H,48,62)(H,49,63)(H,50,64)(H,51,65)(H,54,55)/t21-,25+,26+,27+,28-,30+,31+,32+,33+,34-,42+,43-/m1/s1. The molecule has 7 amide bonds. The molecule has 1 aliphatic rings. The molecule has 1 heterocycles. The zero-order valence-electron chi connectivity index (χ0n) is 37.5. The maximum Gasteiger partial charge on any atom is 0.305 e. The van der Waals surface area contributed by atoms with Crippen LogP contribution in [0.5, 0.6) is 5.75 Å². The molecular weight excluding hydrogens is 885 g/mol. The van der Waals surface area contributed by atoms with Gasteiger partial charge < -0.3 is 83.5 Å². The van der Waals surface area contributed by atoms with Crippen molar-refractivity contribution in [2.75, 3.05) is 6.61 Å². The molecule has 16 N–H and O–H groups in total. The number of benzene rings is 2. The summed E-state index contributed by atoms with van der Waals surface area (Å²) in [5.41, 5.74) is 12.7. The third-order valence-corrected chi connectivity index (χ3v) is 10.6. The SMILES string of the molecule is CC(C)[C@H](NC(=O)[C@H](CC(=O)O)NC(=O)[C@H](Cc1ccccc1)NC(=O)[C@@H](C)NC(=O)[C@@H](N)Cc1ccc(O)cc1)C(=O)N[C@H](C(=O)N[C@@H](O[C@H]1O[C@H](CO)[C@H](O)[C@H](O)[C@H]1O)C(N)=O)C(C)C. The van der Waals surface area contributed by atoms with Gasteiger partial charge in [0, 0.05) is 6.42 Å². The number of carbonyl (C=O) groups excluding carboxylic acids is 7. The summed E-state index contributed by atoms with van der Waals surface area (Å²) in [7, 11) is 0. The van der Waals surface area contributed by atoms with E-state index in [9.17, 15) is 69.0 Å². The molecule has 67 heavy (non-hydrogen) atoms. The van der Waals surface area contributed by atoms with Crippen LogP contribution in [-0.2, 0) is 60.7 Å². The summed E-state index contributed by atoms with van der Waals surface area (Å²) in [6.45, 7) is 6.57. The number of ether oxygens (including phenoxy) is 2. The fraction of sp³-hybridized carbons (Fsp3) is 0.535. The van der Waals surface area contributed by atoms with Gasteiger partial charge in [0.05, 0.1) is 19.1 Å². The molecule has 0 aliphatic carbocycles. The van der Waals surface area contributed by atoms with Crippen LogP contribution in [-0.4, -0.2) is 158 Å². The number of aliphatic hydroxyl groups excluding tert-OH is 4. The highest BCUT2D eigenvalue weighted by Gasteiger charge is 2.46. The van der Waals surface area contributed by atoms with Gasteiger partial charge in [0.1, 0.15) is 60.4 Å². The smallest absolute Gasteiger partial charge is 0.305 e. The minimum atomic E-state index is -2.05. The van der Waals surface area contributed by atoms with Gasteiger partial charge in [-0.15, -0.1) is 0 Å². The Bertz CT molecular complexity index is 2020. The molecule has 1 aliphatic heterocycles. The van der Waals surface area contributed by atoms with Crippen molar-refractivity contribution in [1.29, 1.82) is 0 Å². The fourth-order valence-corrected chi connectivity index (χ4v) is 6.65. The zero-order chi connectivity index (χ0) is 50.3. The average Bonchev–Trinajstić information content (AvgIpc) is 3.26. The lowest BCUT2D eigenvalue weighted by molar-refractivity contribution is -0.310. The van der Waals surface area contributed by atoms with Crippen molar-refractivity contribution >= 4 is 47.3 Å². The van der Waals surface area contributed by atoms with Crippen LogP contribution in [0.1, 0.15) is 52.2 Å². The number of amides is 7. The Morgan fingerprint density at radius 3 is 1.70 bits per heavy atom. The number of aliphatic hydroxyl groups is 4. The summed E-state index contributed by atoms with van der Waals surface area (Å²) in [6.07, 6.45) is -12.0. The van der Waals surface area contributed by atoms with Gasteiger partial charge in [0.25, 0.3) is 5.91 Å². The van der Waals surface area contributed by atoms with E-state index in [1.54, 1.807) is 42.5 Å². The van der Waals surface area contributed by atoms with Gasteiger partial charge in [-0.2, -0.15) is 0 Å². The molecule has 24 heteroatoms. The molecule has 0 saturated carbocycles. The Hall–Kier alpha value is -6.28. The van der Waals surface area contributed by atoms with E-state index in [1.807, 2.05) is 0 Å². The van der Waals surface area contributed by atoms with Crippen LogP contribution < -0.4 is 43.4 Å². The number of hydrogen-bond acceptors (Lipinski definition) is 16. The lowest BCUT2D eigenvalue weighted by Crippen LogP contribution is -2.63. The normalized spacial score (nSPS) is 21.3. The Balaban J connectivity index is 1.76. The average molecular weight is 947 g/mol. The van der Waals surface area contributed by atoms with Crippen molar-refractivity contribution in [2.24, 2.45) is 23.3 Å². The molecule has 24 nitrogen and oxygen atoms in total. The minimum Gasteiger partial charge on any atom is -0.508 e. The second-order valence-corrected chi connectivity index (χ2v) is 16.7. The van der Waals surface area contributed by atoms with Crippen LogP contribution in [0.15, 0.2) is 54.6 Å². The Morgan fingerprint density at radius 1 is 0.642 bits per heavy atom. The number of carbonyl (C=O) groups is 8. The Kier molecular flexibility index (Phi) is 21.0. The van der Waals surface area contributed by atoms with E-state index in [0.29, 0.717) is 11.1 Å². The molecule has 1 fully saturated rings. The van der Waals surface area contributed by atoms with Gasteiger partial charge in [-0.1, -0.05) is 70.2 Å². The van der Waals surface area contributed by atoms with E-state index >= 15 is 0 Å². The summed E-state index contributed by atoms with van der Waals surface area (Å²) in [4.78, 5) is 106. The predicted octanol–water partition coefficient (Wildman–Crippen LogP) is -4.52. The van der Waals surface area contributed by atoms with Crippen LogP contribution in [0, 0.1) is 11.8 Å². The molecule has 2 aromatic rings. The first-order valence-electron chi connectivity index (χ1n) is 21.3. The monoisotopic (exact) mass is 946 g/mol. The van der Waals surface area contributed by atoms with E-state index < -0.39 is 145 Å². The quantitative estimate of drug-likeness (QED) is 0.0441. The van der Waals surface area contributed by atoms with E-state index in [1.165, 1.54) is 46.8 Å². The fourth-order valence-electron chi connectivity index (χ4n) is 6.65. The number of carboxylic acid groups (broad SMARTS) is 1. The molecule has 0 unspecified atom stereocenters. The third kappa shape index (κ3) is 16.5. The molecule has 370 valence electrons. The molecule has 1 saturated heterocycles. The predicted molar refractivity (Wildman–Crippen MR) is 233 cm³/mol. The van der Waals surface area contributed by atoms with Crippen LogP contribution in [0.2, 0.25) is 0 Å². The molecule has 0 aromatic heterocycles. The number of phenols is 1. The van der Waals surface area contributed by atoms with Crippen LogP contribution >= 0.6 is 0 Å². The van der Waals surface area contributed by atoms with E-state index in [4.69, 9.17) is 20.9 Å². The number of carboxylic acids is 1. The van der Waals surface area contributed by atoms with Crippen molar-refractivity contribution in [2.45, 2.75) is 127 Å². The maximum absolute atomic E-state index is 13.9. The second-order valence-electron chi connectivity index (χ2n) is 16.7. The third-order valence-electron chi connectivity index (χ3n) is 10.6. The number of aliphatic carboxylic acids is 1. The lowest BCUT2D eigenvalue weighted by Gasteiger charge is -2.40. The number of primary amides is 1. The van der Waals surface area contributed by atoms with Crippen molar-refractivity contribution in [3.63, 3.8) is 0 Å². The van der Waals surface area contributed by atoms with Gasteiger partial charge >= 0.3 is 5.97 Å². The van der Waals surface area contributed by atoms with Gasteiger partial charge in [-0.05, 0) is 48.4 Å². The van der Waals surface area contributed by atoms with Crippen LogP contribution in [0.4, 0.5) is 0 Å². The van der Waals surface area contributed by atoms with Gasteiger partial charge in [0.2, 0.25) is 41.7 Å². The molecule has 0 radical (unpaired) electrons. The van der Waals surface area contributed by atoms with Crippen LogP contribution in [0.3, 0.4) is 0 Å². The number of nitrogens with two attached hydrogens (primary N) is 2. The van der Waals surface area contributed by atoms with Gasteiger partial charge in [-0.25, -0.2) is 0 Å². The molecular formula is C43H62N8O16. The maximum atomic E-state index is 13.9. The van der Waals surface area contributed by atoms with E-state index in [2.05, 4.69) is 31.9 Å². The minimum absolute atomic E-state index is 0.0197. The van der Waals surface area contributed by atoms with E-state index in [-0.39, 0.29) is 18.6 Å². The largest absolute Gasteiger partial charge is 0.508 e. The van der Waals surface area contributed by atoms with Crippen molar-refractivity contribution in [3.8, 4) is 5.75 Å². The molecule has 2 aromatic carbocycles. The molecule has 3 rings (SSSR count). The lowest BCUT2D eigenvalue weighted by atomic mass is 9.99. The molecule has 12 atom stereocenters. The summed E-state index contributed by atoms with van der Waals surface area (Å²) in [5.74, 6) is -9.95. The van der Waals surface area contributed by atoms with Gasteiger partial charge in [-0.3, -0.25) is 38.4 Å². The van der Waals surface area contributed by atoms with Crippen molar-refractivity contribution < 1.29 is 78.5 Å². The highest BCUT2D eigenvalue weighted by molar-refractivity contribution is 5.98. The Morgan fingerprint density at radius 2 is 1.16 bits per heavy atom. The molecule has 0 spiro atoms. The highest BCUT2D eigenvalue weighted by Crippen LogP contribution is 2.23. The number of hydrogen-bond donors (Lipinski definition) is 14. The zero-order valence-corrected chi connectivity index (χ0v) is 37.5. The number of aromatic hydroxyl groups is 1. The summed E-state index contributed by atoms with van der Waals surface area (Å²) in [6, 6.07) is 5.82. The number of phenolic OH excluding ortho intramolecular Hbond substituents is 1. The summed E-state index contributed by atoms with van der Waals surface area (Å²) in [5, 5.41) is 73.7. The first kappa shape index (κ1) is 55.1. The second kappa shape index (κ2) is 25.6. The van der Waals surface area contributed by atoms with Crippen LogP contribution in [0.25, 0.3) is 0 Å². The number of nitrogens with one attached hydrogen (secondary N) is 6. The number of rotatable bonds is 24. The topological polar surface area (TPSA) is 401 Å². The summed E-state index contributed by atoms with van der Waals surface area (Å²) < 4.78 is 10.5. The van der Waals surface area contributed by atoms with Crippen molar-refractivity contribution in [1.82, 2.24) is 31.9 Å². The first-order valence-corrected chi connectivity index (χ1v) is 21.3. The van der Waals surface area contributed by atoms with Gasteiger partial charge in [0.15, 0.2) is 6.29 Å². The van der Waals surface area contributed by atoms with Crippen molar-refractivity contribution in [3.05, 3.63) is 65.7 Å². The highest BCUT2D eigenvalue weighted by atomic mass is 16.7. The van der Waals surface area contributed by atoms with E-state index in [0.717, 1.165) is 0 Å². The molecule has 0 bridgehead atoms. The Labute approximate surface area is 385 Å².